The number of carboxylic acids is 1. The van der Waals surface area contributed by atoms with Crippen LogP contribution in [0.1, 0.15) is 47.1 Å². The maximum atomic E-state index is 15.9. The Morgan fingerprint density at radius 3 is 2.49 bits per heavy atom. The number of halogens is 3. The first-order chi connectivity index (χ1) is 17.6. The topological polar surface area (TPSA) is 65.6 Å². The first-order valence-electron chi connectivity index (χ1n) is 12.0. The Hall–Kier alpha value is -3.78. The number of para-hydroxylation sites is 1. The molecule has 0 aliphatic carbocycles. The van der Waals surface area contributed by atoms with Gasteiger partial charge in [0.1, 0.15) is 23.1 Å². The molecule has 5 nitrogen and oxygen atoms in total. The maximum absolute atomic E-state index is 15.9. The Kier molecular flexibility index (Phi) is 6.23. The Morgan fingerprint density at radius 2 is 1.84 bits per heavy atom. The molecule has 1 aliphatic rings. The number of methoxy groups -OCH3 is 1. The van der Waals surface area contributed by atoms with Gasteiger partial charge in [-0.3, -0.25) is 4.90 Å². The number of aromatic amines is 1. The van der Waals surface area contributed by atoms with Crippen molar-refractivity contribution in [1.82, 2.24) is 9.88 Å². The first kappa shape index (κ1) is 24.9. The number of nitrogens with zero attached hydrogens (tertiary/aromatic N) is 1. The van der Waals surface area contributed by atoms with Gasteiger partial charge in [-0.15, -0.1) is 0 Å². The minimum Gasteiger partial charge on any atom is -0.496 e. The molecule has 0 spiro atoms. The number of rotatable bonds is 6. The number of nitrogens with one attached hydrogen (secondary N) is 1. The van der Waals surface area contributed by atoms with Gasteiger partial charge in [-0.25, -0.2) is 18.0 Å². The fourth-order valence-electron chi connectivity index (χ4n) is 5.33. The van der Waals surface area contributed by atoms with Gasteiger partial charge in [0.15, 0.2) is 0 Å². The second kappa shape index (κ2) is 9.27. The third-order valence-corrected chi connectivity index (χ3v) is 6.83. The van der Waals surface area contributed by atoms with Crippen LogP contribution < -0.4 is 4.74 Å². The van der Waals surface area contributed by atoms with Gasteiger partial charge in [-0.1, -0.05) is 18.2 Å². The van der Waals surface area contributed by atoms with Crippen LogP contribution in [0.15, 0.2) is 54.6 Å². The van der Waals surface area contributed by atoms with Gasteiger partial charge >= 0.3 is 5.97 Å². The predicted octanol–water partition coefficient (Wildman–Crippen LogP) is 6.52. The molecule has 1 aromatic heterocycles. The van der Waals surface area contributed by atoms with Crippen LogP contribution in [0.25, 0.3) is 22.0 Å². The third-order valence-electron chi connectivity index (χ3n) is 6.83. The minimum atomic E-state index is -1.58. The van der Waals surface area contributed by atoms with Gasteiger partial charge < -0.3 is 14.8 Å². The van der Waals surface area contributed by atoms with E-state index in [1.165, 1.54) is 51.3 Å². The van der Waals surface area contributed by atoms with Crippen molar-refractivity contribution >= 4 is 16.9 Å². The highest BCUT2D eigenvalue weighted by molar-refractivity contribution is 5.90. The van der Waals surface area contributed by atoms with Crippen LogP contribution in [0, 0.1) is 11.6 Å². The van der Waals surface area contributed by atoms with Crippen LogP contribution in [0.5, 0.6) is 5.75 Å². The van der Waals surface area contributed by atoms with Gasteiger partial charge in [0.2, 0.25) is 0 Å². The molecular weight excluding hydrogens is 481 g/mol. The molecule has 1 atom stereocenters. The van der Waals surface area contributed by atoms with E-state index >= 15 is 8.78 Å². The summed E-state index contributed by atoms with van der Waals surface area (Å²) >= 11 is 0. The Bertz CT molecular complexity index is 1480. The molecule has 1 aliphatic heterocycles. The van der Waals surface area contributed by atoms with Crippen molar-refractivity contribution in [3.63, 3.8) is 0 Å². The lowest BCUT2D eigenvalue weighted by Crippen LogP contribution is -2.43. The van der Waals surface area contributed by atoms with Crippen molar-refractivity contribution < 1.29 is 27.8 Å². The molecule has 0 bridgehead atoms. The molecule has 37 heavy (non-hydrogen) atoms. The molecule has 0 saturated carbocycles. The molecule has 0 radical (unpaired) electrons. The summed E-state index contributed by atoms with van der Waals surface area (Å²) in [5, 5.41) is 10.3. The van der Waals surface area contributed by atoms with Crippen LogP contribution in [-0.2, 0) is 6.42 Å². The van der Waals surface area contributed by atoms with Crippen molar-refractivity contribution in [1.29, 1.82) is 0 Å². The fraction of sp³-hybridized carbons (Fsp3) is 0.276. The van der Waals surface area contributed by atoms with Crippen LogP contribution in [-0.4, -0.2) is 46.8 Å². The number of aromatic nitrogens is 1. The number of benzene rings is 3. The van der Waals surface area contributed by atoms with E-state index in [2.05, 4.69) is 4.98 Å². The summed E-state index contributed by atoms with van der Waals surface area (Å²) in [4.78, 5) is 16.5. The molecule has 0 saturated heterocycles. The summed E-state index contributed by atoms with van der Waals surface area (Å²) in [6.07, 6.45) is 0.625. The average molecular weight is 509 g/mol. The standard InChI is InChI=1S/C29H27F3N2O3/c1-29(2,32)15-34-11-10-20-19-6-4-5-7-23(19)33-26(20)27(34)25-21(30)12-17(13-22(25)31)18-9-8-16(28(35)36)14-24(18)37-3/h4-9,12-14,27,33H,10-11,15H2,1-3H3,(H,35,36). The smallest absolute Gasteiger partial charge is 0.335 e. The van der Waals surface area contributed by atoms with E-state index in [-0.39, 0.29) is 29.0 Å². The number of H-pyrrole nitrogens is 1. The molecule has 8 heteroatoms. The summed E-state index contributed by atoms with van der Waals surface area (Å²) in [5.74, 6) is -2.52. The highest BCUT2D eigenvalue weighted by Crippen LogP contribution is 2.42. The third kappa shape index (κ3) is 4.57. The van der Waals surface area contributed by atoms with E-state index in [1.807, 2.05) is 24.3 Å². The van der Waals surface area contributed by atoms with Gasteiger partial charge in [0.05, 0.1) is 18.7 Å². The quantitative estimate of drug-likeness (QED) is 0.311. The van der Waals surface area contributed by atoms with Crippen molar-refractivity contribution in [2.24, 2.45) is 0 Å². The van der Waals surface area contributed by atoms with E-state index in [4.69, 9.17) is 4.74 Å². The van der Waals surface area contributed by atoms with Gasteiger partial charge in [0, 0.05) is 40.8 Å². The van der Waals surface area contributed by atoms with Gasteiger partial charge in [-0.2, -0.15) is 0 Å². The summed E-state index contributed by atoms with van der Waals surface area (Å²) in [6.45, 7) is 3.34. The molecule has 0 amide bonds. The van der Waals surface area contributed by atoms with E-state index in [1.54, 1.807) is 4.90 Å². The minimum absolute atomic E-state index is 0.00240. The zero-order chi connectivity index (χ0) is 26.5. The van der Waals surface area contributed by atoms with Crippen LogP contribution in [0.2, 0.25) is 0 Å². The lowest BCUT2D eigenvalue weighted by Gasteiger charge is -2.38. The zero-order valence-corrected chi connectivity index (χ0v) is 20.7. The summed E-state index contributed by atoms with van der Waals surface area (Å²) in [7, 11) is 1.36. The number of carboxylic acid groups (broad SMARTS) is 1. The monoisotopic (exact) mass is 508 g/mol. The largest absolute Gasteiger partial charge is 0.496 e. The van der Waals surface area contributed by atoms with Crippen molar-refractivity contribution in [3.8, 4) is 16.9 Å². The number of aromatic carboxylic acids is 1. The second-order valence-electron chi connectivity index (χ2n) is 9.98. The number of carbonyl (C=O) groups is 1. The second-order valence-corrected chi connectivity index (χ2v) is 9.98. The predicted molar refractivity (Wildman–Crippen MR) is 136 cm³/mol. The number of alkyl halides is 1. The maximum Gasteiger partial charge on any atom is 0.335 e. The van der Waals surface area contributed by atoms with E-state index < -0.39 is 29.3 Å². The lowest BCUT2D eigenvalue weighted by atomic mass is 9.89. The summed E-state index contributed by atoms with van der Waals surface area (Å²) < 4.78 is 51.9. The van der Waals surface area contributed by atoms with E-state index in [0.717, 1.165) is 16.5 Å². The van der Waals surface area contributed by atoms with E-state index in [9.17, 15) is 14.3 Å². The number of hydrogen-bond donors (Lipinski definition) is 2. The van der Waals surface area contributed by atoms with Crippen molar-refractivity contribution in [2.75, 3.05) is 20.2 Å². The molecule has 0 fully saturated rings. The van der Waals surface area contributed by atoms with Gasteiger partial charge in [0.25, 0.3) is 0 Å². The number of fused-ring (bicyclic) bond motifs is 3. The highest BCUT2D eigenvalue weighted by atomic mass is 19.1. The Labute approximate surface area is 212 Å². The fourth-order valence-corrected chi connectivity index (χ4v) is 5.33. The molecule has 2 N–H and O–H groups in total. The normalized spacial score (nSPS) is 16.1. The number of hydrogen-bond acceptors (Lipinski definition) is 3. The molecule has 1 unspecified atom stereocenters. The average Bonchev–Trinajstić information content (AvgIpc) is 3.22. The highest BCUT2D eigenvalue weighted by Gasteiger charge is 2.38. The van der Waals surface area contributed by atoms with E-state index in [0.29, 0.717) is 24.2 Å². The molecular formula is C29H27F3N2O3. The molecule has 192 valence electrons. The van der Waals surface area contributed by atoms with Crippen LogP contribution in [0.3, 0.4) is 0 Å². The molecule has 4 aromatic rings. The molecule has 3 aromatic carbocycles. The van der Waals surface area contributed by atoms with Crippen LogP contribution >= 0.6 is 0 Å². The molecule has 5 rings (SSSR count). The van der Waals surface area contributed by atoms with Crippen LogP contribution in [0.4, 0.5) is 13.2 Å². The summed E-state index contributed by atoms with van der Waals surface area (Å²) in [5.41, 5.74) is 1.31. The zero-order valence-electron chi connectivity index (χ0n) is 20.7. The Morgan fingerprint density at radius 1 is 1.14 bits per heavy atom. The molecule has 2 heterocycles. The van der Waals surface area contributed by atoms with Gasteiger partial charge in [-0.05, 0) is 67.8 Å². The van der Waals surface area contributed by atoms with Crippen molar-refractivity contribution in [3.05, 3.63) is 88.6 Å². The SMILES string of the molecule is COc1cc(C(=O)O)ccc1-c1cc(F)c(C2c3[nH]c4ccccc4c3CCN2CC(C)(C)F)c(F)c1. The lowest BCUT2D eigenvalue weighted by molar-refractivity contribution is 0.0696. The first-order valence-corrected chi connectivity index (χ1v) is 12.0. The van der Waals surface area contributed by atoms with Crippen molar-refractivity contribution in [2.45, 2.75) is 32.0 Å². The summed E-state index contributed by atoms with van der Waals surface area (Å²) in [6, 6.07) is 13.4. The number of ether oxygens (including phenoxy) is 1. The Balaban J connectivity index is 1.66.